The molecule has 4 nitrogen and oxygen atoms in total. The zero-order valence-corrected chi connectivity index (χ0v) is 8.57. The van der Waals surface area contributed by atoms with Crippen LogP contribution in [0.5, 0.6) is 0 Å². The van der Waals surface area contributed by atoms with E-state index in [1.54, 1.807) is 30.3 Å². The molecule has 0 aromatic carbocycles. The molecule has 5 heteroatoms. The topological polar surface area (TPSA) is 53.7 Å². The van der Waals surface area contributed by atoms with E-state index < -0.39 is 5.97 Å². The normalized spacial score (nSPS) is 13.1. The largest absolute Gasteiger partial charge is 0.480 e. The van der Waals surface area contributed by atoms with Gasteiger partial charge in [-0.3, -0.25) is 9.69 Å². The van der Waals surface area contributed by atoms with Crippen molar-refractivity contribution >= 4 is 17.6 Å². The molecule has 1 N–H and O–H groups in total. The second-order valence-electron chi connectivity index (χ2n) is 3.07. The van der Waals surface area contributed by atoms with Crippen LogP contribution in [0.15, 0.2) is 22.8 Å². The summed E-state index contributed by atoms with van der Waals surface area (Å²) in [5.41, 5.74) is 0. The number of nitrogens with zero attached hydrogens (tertiary/aromatic N) is 1. The lowest BCUT2D eigenvalue weighted by molar-refractivity contribution is -0.137. The van der Waals surface area contributed by atoms with Crippen LogP contribution >= 0.6 is 11.6 Å². The van der Waals surface area contributed by atoms with Gasteiger partial charge in [0.25, 0.3) is 0 Å². The lowest BCUT2D eigenvalue weighted by Crippen LogP contribution is -2.28. The molecule has 0 fully saturated rings. The fourth-order valence-electron chi connectivity index (χ4n) is 1.13. The number of carbonyl (C=O) groups is 1. The van der Waals surface area contributed by atoms with E-state index in [1.165, 1.54) is 0 Å². The second kappa shape index (κ2) is 5.02. The maximum atomic E-state index is 10.4. The fourth-order valence-corrected chi connectivity index (χ4v) is 1.49. The highest BCUT2D eigenvalue weighted by atomic mass is 35.5. The van der Waals surface area contributed by atoms with Crippen molar-refractivity contribution in [1.82, 2.24) is 4.90 Å². The van der Waals surface area contributed by atoms with Gasteiger partial charge in [-0.1, -0.05) is 0 Å². The Hall–Kier alpha value is -1.00. The minimum atomic E-state index is -0.865. The number of carboxylic acids is 1. The molecule has 0 amide bonds. The molecule has 1 rings (SSSR count). The molecule has 0 spiro atoms. The van der Waals surface area contributed by atoms with Gasteiger partial charge in [-0.15, -0.1) is 11.6 Å². The number of furan rings is 1. The Kier molecular flexibility index (Phi) is 3.98. The van der Waals surface area contributed by atoms with E-state index in [0.29, 0.717) is 12.3 Å². The molecule has 1 atom stereocenters. The summed E-state index contributed by atoms with van der Waals surface area (Å²) in [6.45, 7) is 0.422. The average Bonchev–Trinajstić information content (AvgIpc) is 2.53. The molecular weight excluding hydrogens is 206 g/mol. The Morgan fingerprint density at radius 1 is 1.79 bits per heavy atom. The number of hydrogen-bond acceptors (Lipinski definition) is 3. The first-order valence-electron chi connectivity index (χ1n) is 4.17. The first-order chi connectivity index (χ1) is 6.59. The second-order valence-corrected chi connectivity index (χ2v) is 3.60. The fraction of sp³-hybridized carbons (Fsp3) is 0.444. The lowest BCUT2D eigenvalue weighted by Gasteiger charge is -2.16. The summed E-state index contributed by atoms with van der Waals surface area (Å²) < 4.78 is 5.10. The third-order valence-electron chi connectivity index (χ3n) is 1.73. The van der Waals surface area contributed by atoms with Gasteiger partial charge in [0, 0.05) is 6.54 Å². The Morgan fingerprint density at radius 2 is 2.50 bits per heavy atom. The van der Waals surface area contributed by atoms with Gasteiger partial charge in [0.1, 0.15) is 11.1 Å². The van der Waals surface area contributed by atoms with Crippen molar-refractivity contribution in [3.8, 4) is 0 Å². The summed E-state index contributed by atoms with van der Waals surface area (Å²) in [5.74, 6) is -0.209. The van der Waals surface area contributed by atoms with E-state index in [4.69, 9.17) is 21.1 Å². The van der Waals surface area contributed by atoms with Crippen molar-refractivity contribution in [2.45, 2.75) is 5.38 Å². The van der Waals surface area contributed by atoms with Gasteiger partial charge in [0.2, 0.25) is 0 Å². The van der Waals surface area contributed by atoms with E-state index in [-0.39, 0.29) is 11.9 Å². The molecule has 1 heterocycles. The van der Waals surface area contributed by atoms with E-state index >= 15 is 0 Å². The van der Waals surface area contributed by atoms with Crippen molar-refractivity contribution in [2.24, 2.45) is 0 Å². The molecule has 78 valence electrons. The van der Waals surface area contributed by atoms with Gasteiger partial charge in [-0.2, -0.15) is 0 Å². The van der Waals surface area contributed by atoms with E-state index in [1.807, 2.05) is 0 Å². The van der Waals surface area contributed by atoms with Crippen molar-refractivity contribution in [3.05, 3.63) is 24.2 Å². The van der Waals surface area contributed by atoms with Crippen LogP contribution in [0.2, 0.25) is 0 Å². The number of likely N-dealkylation sites (N-methyl/N-ethyl adjacent to an activating group) is 1. The quantitative estimate of drug-likeness (QED) is 0.761. The van der Waals surface area contributed by atoms with Gasteiger partial charge in [0.05, 0.1) is 12.8 Å². The number of aliphatic carboxylic acids is 1. The molecule has 0 radical (unpaired) electrons. The van der Waals surface area contributed by atoms with E-state index in [2.05, 4.69) is 0 Å². The van der Waals surface area contributed by atoms with Gasteiger partial charge in [-0.25, -0.2) is 0 Å². The Labute approximate surface area is 87.1 Å². The Morgan fingerprint density at radius 3 is 3.00 bits per heavy atom. The van der Waals surface area contributed by atoms with E-state index in [0.717, 1.165) is 0 Å². The van der Waals surface area contributed by atoms with Crippen molar-refractivity contribution in [1.29, 1.82) is 0 Å². The standard InChI is InChI=1S/C9H12ClNO3/c1-11(6-9(12)13)5-7(10)8-3-2-4-14-8/h2-4,7H,5-6H2,1H3,(H,12,13). The first-order valence-corrected chi connectivity index (χ1v) is 4.61. The molecule has 0 aliphatic rings. The summed E-state index contributed by atoms with van der Waals surface area (Å²) in [6.07, 6.45) is 1.54. The first kappa shape index (κ1) is 11.1. The van der Waals surface area contributed by atoms with Crippen LogP contribution in [-0.4, -0.2) is 36.1 Å². The molecule has 1 aromatic rings. The van der Waals surface area contributed by atoms with Crippen LogP contribution in [-0.2, 0) is 4.79 Å². The summed E-state index contributed by atoms with van der Waals surface area (Å²) in [7, 11) is 1.70. The third-order valence-corrected chi connectivity index (χ3v) is 2.08. The summed E-state index contributed by atoms with van der Waals surface area (Å²) >= 11 is 6.00. The highest BCUT2D eigenvalue weighted by molar-refractivity contribution is 6.20. The molecule has 0 saturated carbocycles. The van der Waals surface area contributed by atoms with Gasteiger partial charge >= 0.3 is 5.97 Å². The Balaban J connectivity index is 2.41. The predicted octanol–water partition coefficient (Wildman–Crippen LogP) is 1.58. The van der Waals surface area contributed by atoms with Crippen LogP contribution in [0.4, 0.5) is 0 Å². The lowest BCUT2D eigenvalue weighted by atomic mass is 10.3. The average molecular weight is 218 g/mol. The highest BCUT2D eigenvalue weighted by Gasteiger charge is 2.14. The van der Waals surface area contributed by atoms with Crippen molar-refractivity contribution < 1.29 is 14.3 Å². The zero-order chi connectivity index (χ0) is 10.6. The van der Waals surface area contributed by atoms with Crippen LogP contribution < -0.4 is 0 Å². The molecule has 14 heavy (non-hydrogen) atoms. The number of hydrogen-bond donors (Lipinski definition) is 1. The summed E-state index contributed by atoms with van der Waals surface area (Å²) in [6, 6.07) is 3.52. The number of alkyl halides is 1. The third kappa shape index (κ3) is 3.40. The van der Waals surface area contributed by atoms with Crippen molar-refractivity contribution in [3.63, 3.8) is 0 Å². The maximum absolute atomic E-state index is 10.4. The molecule has 0 aliphatic carbocycles. The maximum Gasteiger partial charge on any atom is 0.317 e. The predicted molar refractivity (Wildman–Crippen MR) is 52.4 cm³/mol. The SMILES string of the molecule is CN(CC(=O)O)CC(Cl)c1ccco1. The molecule has 1 unspecified atom stereocenters. The molecule has 0 bridgehead atoms. The Bertz CT molecular complexity index is 286. The smallest absolute Gasteiger partial charge is 0.317 e. The minimum absolute atomic E-state index is 0.0239. The van der Waals surface area contributed by atoms with Gasteiger partial charge in [-0.05, 0) is 19.2 Å². The van der Waals surface area contributed by atoms with E-state index in [9.17, 15) is 4.79 Å². The van der Waals surface area contributed by atoms with Crippen LogP contribution in [0, 0.1) is 0 Å². The van der Waals surface area contributed by atoms with Crippen LogP contribution in [0.3, 0.4) is 0 Å². The van der Waals surface area contributed by atoms with Gasteiger partial charge < -0.3 is 9.52 Å². The number of halogens is 1. The van der Waals surface area contributed by atoms with Crippen LogP contribution in [0.1, 0.15) is 11.1 Å². The number of carboxylic acid groups (broad SMARTS) is 1. The highest BCUT2D eigenvalue weighted by Crippen LogP contribution is 2.21. The van der Waals surface area contributed by atoms with Crippen LogP contribution in [0.25, 0.3) is 0 Å². The molecule has 1 aromatic heterocycles. The summed E-state index contributed by atoms with van der Waals surface area (Å²) in [5, 5.41) is 8.21. The summed E-state index contributed by atoms with van der Waals surface area (Å²) in [4.78, 5) is 12.0. The minimum Gasteiger partial charge on any atom is -0.480 e. The van der Waals surface area contributed by atoms with Gasteiger partial charge in [0.15, 0.2) is 0 Å². The van der Waals surface area contributed by atoms with Crippen molar-refractivity contribution in [2.75, 3.05) is 20.1 Å². The zero-order valence-electron chi connectivity index (χ0n) is 7.81. The molecular formula is C9H12ClNO3. The molecule has 0 aliphatic heterocycles. The molecule has 0 saturated heterocycles. The monoisotopic (exact) mass is 217 g/mol. The number of rotatable bonds is 5.